The van der Waals surface area contributed by atoms with Gasteiger partial charge in [-0.2, -0.15) is 5.10 Å². The van der Waals surface area contributed by atoms with E-state index < -0.39 is 82.9 Å². The molecule has 4 aliphatic heterocycles. The number of hydrazone groups is 1. The number of ether oxygens (including phenoxy) is 4. The molecule has 0 saturated carbocycles. The average Bonchev–Trinajstić information content (AvgIpc) is 3.48. The number of phenolic OH excluding ortho intramolecular Hbond substituents is 3. The van der Waals surface area contributed by atoms with Gasteiger partial charge in [-0.25, -0.2) is 0 Å². The molecular weight excluding hydrogens is 776 g/mol. The Morgan fingerprint density at radius 2 is 1.63 bits per heavy atom. The first kappa shape index (κ1) is 45.9. The Balaban J connectivity index is 1.68. The van der Waals surface area contributed by atoms with E-state index >= 15 is 0 Å². The number of Topliss-reactive ketones (excluding diaryl/α,β-unsaturated/α-hetero) is 1. The number of fused-ring (bicyclic) bond motifs is 15. The van der Waals surface area contributed by atoms with Gasteiger partial charge >= 0.3 is 11.8 Å². The van der Waals surface area contributed by atoms with Crippen LogP contribution in [0.25, 0.3) is 10.8 Å². The summed E-state index contributed by atoms with van der Waals surface area (Å²) in [6.45, 7) is 15.3. The van der Waals surface area contributed by atoms with Gasteiger partial charge in [0.25, 0.3) is 11.7 Å². The number of amides is 1. The highest BCUT2D eigenvalue weighted by Gasteiger charge is 2.50. The number of ketones is 1. The summed E-state index contributed by atoms with van der Waals surface area (Å²) in [7, 11) is 3.43. The quantitative estimate of drug-likeness (QED) is 0.106. The summed E-state index contributed by atoms with van der Waals surface area (Å²) in [5.74, 6) is -8.03. The first-order chi connectivity index (χ1) is 28.2. The summed E-state index contributed by atoms with van der Waals surface area (Å²) >= 11 is 0. The van der Waals surface area contributed by atoms with Gasteiger partial charge in [0.05, 0.1) is 53.0 Å². The zero-order valence-electron chi connectivity index (χ0n) is 36.1. The molecule has 60 heavy (non-hydrogen) atoms. The monoisotopic (exact) mass is 836 g/mol. The number of esters is 1. The van der Waals surface area contributed by atoms with Crippen LogP contribution in [0, 0.1) is 30.6 Å². The van der Waals surface area contributed by atoms with Crippen molar-refractivity contribution >= 4 is 40.3 Å². The van der Waals surface area contributed by atoms with Gasteiger partial charge < -0.3 is 54.7 Å². The van der Waals surface area contributed by atoms with Crippen LogP contribution in [-0.2, 0) is 23.8 Å². The highest BCUT2D eigenvalue weighted by molar-refractivity contribution is 6.23. The maximum Gasteiger partial charge on any atom is 0.312 e. The van der Waals surface area contributed by atoms with Crippen LogP contribution in [-0.4, -0.2) is 130 Å². The molecule has 9 atom stereocenters. The van der Waals surface area contributed by atoms with Gasteiger partial charge in [0.15, 0.2) is 5.75 Å². The van der Waals surface area contributed by atoms with E-state index in [4.69, 9.17) is 18.9 Å². The fourth-order valence-corrected chi connectivity index (χ4v) is 8.12. The lowest BCUT2D eigenvalue weighted by molar-refractivity contribution is -0.160. The molecule has 2 aromatic carbocycles. The van der Waals surface area contributed by atoms with E-state index in [9.17, 15) is 39.9 Å². The third-order valence-electron chi connectivity index (χ3n) is 12.1. The molecule has 6 N–H and O–H groups in total. The summed E-state index contributed by atoms with van der Waals surface area (Å²) in [4.78, 5) is 42.7. The number of hydrogen-bond donors (Lipinski definition) is 6. The third kappa shape index (κ3) is 9.11. The molecule has 16 heteroatoms. The Morgan fingerprint density at radius 3 is 2.27 bits per heavy atom. The van der Waals surface area contributed by atoms with Crippen molar-refractivity contribution in [1.82, 2.24) is 9.91 Å². The number of aromatic hydroxyl groups is 3. The van der Waals surface area contributed by atoms with E-state index in [-0.39, 0.29) is 50.4 Å². The highest BCUT2D eigenvalue weighted by Crippen LogP contribution is 2.55. The number of piperazine rings is 1. The maximum absolute atomic E-state index is 14.5. The molecule has 2 aromatic rings. The summed E-state index contributed by atoms with van der Waals surface area (Å²) < 4.78 is 23.6. The standard InChI is InChI=1S/C44H60N4O12/c1-22-13-11-12-14-23(2)43(56)46-34-29(21-45-48-18-16-47(9)17-19-48)38(53)31-32(39(34)54)37(52)27(6)41-33(31)42(55)44(8,60-41)58-20-15-30(57-10)24(3)40(59-28(7)49)26(5)36(51)25(4)35(22)50/h11-12,14-15,20-22,24-26,30,35-36,40,50-54H,13,16-19H2,1-10H3,(H,46,56)/b12-11-,20-15+,23-14-,45-21+/t22-,24+,25+,26?,30-,35-,36?,40?,44-/m0/s1. The number of hydrogen-bond acceptors (Lipinski definition) is 15. The van der Waals surface area contributed by atoms with Crippen LogP contribution in [0.2, 0.25) is 0 Å². The number of rotatable bonds is 4. The molecule has 1 amide bonds. The first-order valence-electron chi connectivity index (χ1n) is 20.3. The molecule has 3 unspecified atom stereocenters. The van der Waals surface area contributed by atoms with E-state index in [1.807, 2.05) is 14.0 Å². The van der Waals surface area contributed by atoms with E-state index in [0.29, 0.717) is 19.5 Å². The number of aliphatic hydroxyl groups excluding tert-OH is 2. The van der Waals surface area contributed by atoms with Gasteiger partial charge in [0.2, 0.25) is 0 Å². The number of carbonyl (C=O) groups is 3. The summed E-state index contributed by atoms with van der Waals surface area (Å²) in [6.07, 6.45) is 5.61. The lowest BCUT2D eigenvalue weighted by Gasteiger charge is -2.38. The minimum Gasteiger partial charge on any atom is -0.507 e. The predicted octanol–water partition coefficient (Wildman–Crippen LogP) is 4.73. The second kappa shape index (κ2) is 18.6. The largest absolute Gasteiger partial charge is 0.507 e. The van der Waals surface area contributed by atoms with Crippen LogP contribution in [0.4, 0.5) is 5.69 Å². The number of benzene rings is 2. The fourth-order valence-electron chi connectivity index (χ4n) is 8.12. The Kier molecular flexibility index (Phi) is 14.3. The average molecular weight is 837 g/mol. The molecule has 0 radical (unpaired) electrons. The maximum atomic E-state index is 14.5. The molecule has 16 nitrogen and oxygen atoms in total. The lowest BCUT2D eigenvalue weighted by Crippen LogP contribution is -2.46. The lowest BCUT2D eigenvalue weighted by atomic mass is 9.78. The van der Waals surface area contributed by atoms with Crippen LogP contribution < -0.4 is 10.1 Å². The SMILES string of the molecule is CO[C@H]1/C=C/O[C@@]2(C)Oc3c(C)c(O)c4c(O)c(c(/C=N/N5CCN(C)CC5)c(O)c4c3C2=O)NC(=O)/C(C)=C\C=C/C[C@H](C)[C@H](O)[C@@H](C)C(O)C(C)C(OC(C)=O)[C@@H]1C. The second-order valence-electron chi connectivity index (χ2n) is 16.5. The molecule has 1 fully saturated rings. The number of aliphatic hydroxyl groups is 2. The van der Waals surface area contributed by atoms with E-state index in [0.717, 1.165) is 13.1 Å². The van der Waals surface area contributed by atoms with Crippen LogP contribution >= 0.6 is 0 Å². The van der Waals surface area contributed by atoms with Gasteiger partial charge in [-0.05, 0) is 39.3 Å². The summed E-state index contributed by atoms with van der Waals surface area (Å²) in [5.41, 5.74) is -0.283. The molecule has 4 aliphatic rings. The minimum atomic E-state index is -2.04. The van der Waals surface area contributed by atoms with Crippen LogP contribution in [0.1, 0.15) is 76.4 Å². The topological polar surface area (TPSA) is 220 Å². The van der Waals surface area contributed by atoms with E-state index in [2.05, 4.69) is 15.3 Å². The molecule has 6 rings (SSSR count). The van der Waals surface area contributed by atoms with Crippen LogP contribution in [0.15, 0.2) is 41.2 Å². The number of methoxy groups -OCH3 is 1. The van der Waals surface area contributed by atoms with Gasteiger partial charge in [-0.1, -0.05) is 45.9 Å². The van der Waals surface area contributed by atoms with Gasteiger partial charge in [-0.15, -0.1) is 0 Å². The van der Waals surface area contributed by atoms with E-state index in [1.165, 1.54) is 46.4 Å². The van der Waals surface area contributed by atoms with Gasteiger partial charge in [0, 0.05) is 81.4 Å². The third-order valence-corrected chi connectivity index (χ3v) is 12.1. The van der Waals surface area contributed by atoms with Crippen molar-refractivity contribution < 1.29 is 58.9 Å². The molecule has 0 spiro atoms. The molecule has 4 heterocycles. The Labute approximate surface area is 350 Å². The number of allylic oxidation sites excluding steroid dienone is 3. The minimum absolute atomic E-state index is 0.0596. The second-order valence-corrected chi connectivity index (χ2v) is 16.5. The molecule has 1 saturated heterocycles. The van der Waals surface area contributed by atoms with Crippen molar-refractivity contribution in [2.45, 2.75) is 92.0 Å². The van der Waals surface area contributed by atoms with Crippen molar-refractivity contribution in [2.75, 3.05) is 45.7 Å². The summed E-state index contributed by atoms with van der Waals surface area (Å²) in [6, 6.07) is 0. The molecule has 0 aliphatic carbocycles. The number of nitrogens with one attached hydrogen (secondary N) is 1. The molecule has 5 bridgehead atoms. The van der Waals surface area contributed by atoms with Gasteiger partial charge in [-0.3, -0.25) is 19.4 Å². The van der Waals surface area contributed by atoms with Crippen LogP contribution in [0.5, 0.6) is 23.0 Å². The van der Waals surface area contributed by atoms with Gasteiger partial charge in [0.1, 0.15) is 23.4 Å². The summed E-state index contributed by atoms with van der Waals surface area (Å²) in [5, 5.41) is 66.9. The smallest absolute Gasteiger partial charge is 0.312 e. The van der Waals surface area contributed by atoms with Crippen molar-refractivity contribution in [3.05, 3.63) is 52.8 Å². The Morgan fingerprint density at radius 1 is 0.967 bits per heavy atom. The van der Waals surface area contributed by atoms with Crippen molar-refractivity contribution in [1.29, 1.82) is 0 Å². The molecule has 0 aromatic heterocycles. The van der Waals surface area contributed by atoms with Crippen molar-refractivity contribution in [3.63, 3.8) is 0 Å². The van der Waals surface area contributed by atoms with Crippen molar-refractivity contribution in [2.24, 2.45) is 28.8 Å². The first-order valence-corrected chi connectivity index (χ1v) is 20.3. The number of likely N-dealkylation sites (N-methyl/N-ethyl adjacent to an activating group) is 1. The normalized spacial score (nSPS) is 31.9. The fraction of sp³-hybridized carbons (Fsp3) is 0.545. The zero-order chi connectivity index (χ0) is 44.4. The predicted molar refractivity (Wildman–Crippen MR) is 225 cm³/mol. The molecular formula is C44H60N4O12. The van der Waals surface area contributed by atoms with Crippen LogP contribution in [0.3, 0.4) is 0 Å². The Hall–Kier alpha value is -5.16. The van der Waals surface area contributed by atoms with E-state index in [1.54, 1.807) is 50.9 Å². The van der Waals surface area contributed by atoms with Crippen molar-refractivity contribution in [3.8, 4) is 23.0 Å². The number of anilines is 1. The number of phenols is 3. The zero-order valence-corrected chi connectivity index (χ0v) is 36.1. The number of nitrogens with zero attached hydrogens (tertiary/aromatic N) is 3. The highest BCUT2D eigenvalue weighted by atomic mass is 16.7. The molecule has 328 valence electrons. The Bertz CT molecular complexity index is 2090. The number of carbonyl (C=O) groups excluding carboxylic acids is 3.